The Labute approximate surface area is 263 Å². The molecule has 3 aliphatic carbocycles. The number of carbonyl (C=O) groups is 1. The van der Waals surface area contributed by atoms with E-state index in [2.05, 4.69) is 38.6 Å². The van der Waals surface area contributed by atoms with Crippen LogP contribution in [0.1, 0.15) is 56.6 Å². The molecule has 4 aliphatic rings. The van der Waals surface area contributed by atoms with E-state index in [9.17, 15) is 4.79 Å². The number of methoxy groups -OCH3 is 2. The third-order valence-corrected chi connectivity index (χ3v) is 10.2. The molecule has 11 heteroatoms. The number of rotatable bonds is 14. The zero-order valence-corrected chi connectivity index (χ0v) is 26.1. The number of benzene rings is 1. The number of aromatic nitrogens is 3. The average Bonchev–Trinajstić information content (AvgIpc) is 3.45. The maximum absolute atomic E-state index is 11.1. The highest BCUT2D eigenvalue weighted by Gasteiger charge is 2.53. The number of nitrogens with zero attached hydrogens (tertiary/aromatic N) is 4. The van der Waals surface area contributed by atoms with Gasteiger partial charge in [-0.2, -0.15) is 0 Å². The lowest BCUT2D eigenvalue weighted by Gasteiger charge is -2.44. The van der Waals surface area contributed by atoms with E-state index in [1.54, 1.807) is 20.5 Å². The van der Waals surface area contributed by atoms with Crippen molar-refractivity contribution in [3.63, 3.8) is 0 Å². The molecule has 0 spiro atoms. The Morgan fingerprint density at radius 2 is 1.91 bits per heavy atom. The fraction of sp³-hybridized carbons (Fsp3) is 0.559. The Bertz CT molecular complexity index is 1550. The van der Waals surface area contributed by atoms with E-state index in [1.165, 1.54) is 12.8 Å². The number of ether oxygens (including phenoxy) is 4. The lowest BCUT2D eigenvalue weighted by Crippen LogP contribution is -2.48. The van der Waals surface area contributed by atoms with Crippen LogP contribution in [0.4, 0.5) is 5.82 Å². The monoisotopic (exact) mass is 617 g/mol. The summed E-state index contributed by atoms with van der Waals surface area (Å²) < 4.78 is 25.6. The Kier molecular flexibility index (Phi) is 8.20. The smallest absolute Gasteiger partial charge is 0.303 e. The first kappa shape index (κ1) is 29.7. The zero-order chi connectivity index (χ0) is 31.1. The molecule has 4 fully saturated rings. The number of nitrogens with one attached hydrogen (secondary N) is 1. The van der Waals surface area contributed by atoms with E-state index >= 15 is 0 Å². The molecule has 1 aliphatic heterocycles. The summed E-state index contributed by atoms with van der Waals surface area (Å²) >= 11 is 0. The molecule has 0 bridgehead atoms. The second-order valence-corrected chi connectivity index (χ2v) is 13.1. The molecular formula is C34H43N5O6. The van der Waals surface area contributed by atoms with Crippen LogP contribution in [0.25, 0.3) is 11.0 Å². The molecule has 7 rings (SSSR count). The highest BCUT2D eigenvalue weighted by Crippen LogP contribution is 2.47. The Morgan fingerprint density at radius 1 is 1.09 bits per heavy atom. The summed E-state index contributed by atoms with van der Waals surface area (Å²) in [7, 11) is 3.30. The molecule has 2 N–H and O–H groups in total. The van der Waals surface area contributed by atoms with Gasteiger partial charge in [0.2, 0.25) is 0 Å². The van der Waals surface area contributed by atoms with Gasteiger partial charge in [0.15, 0.2) is 6.10 Å². The number of aliphatic carboxylic acids is 1. The molecule has 0 unspecified atom stereocenters. The van der Waals surface area contributed by atoms with E-state index in [1.807, 2.05) is 18.2 Å². The van der Waals surface area contributed by atoms with Crippen molar-refractivity contribution < 1.29 is 28.8 Å². The van der Waals surface area contributed by atoms with Gasteiger partial charge in [-0.3, -0.25) is 9.69 Å². The first-order valence-electron chi connectivity index (χ1n) is 16.1. The second kappa shape index (κ2) is 12.4. The first-order chi connectivity index (χ1) is 21.9. The van der Waals surface area contributed by atoms with Crippen molar-refractivity contribution in [2.24, 2.45) is 17.8 Å². The summed E-state index contributed by atoms with van der Waals surface area (Å²) in [5.74, 6) is 3.53. The molecule has 3 heterocycles. The minimum absolute atomic E-state index is 0.0497. The highest BCUT2D eigenvalue weighted by molar-refractivity contribution is 5.87. The van der Waals surface area contributed by atoms with Gasteiger partial charge in [-0.1, -0.05) is 0 Å². The molecule has 45 heavy (non-hydrogen) atoms. The van der Waals surface area contributed by atoms with Crippen molar-refractivity contribution in [2.75, 3.05) is 32.6 Å². The van der Waals surface area contributed by atoms with Crippen LogP contribution in [0.3, 0.4) is 0 Å². The van der Waals surface area contributed by atoms with Gasteiger partial charge in [0, 0.05) is 55.8 Å². The Morgan fingerprint density at radius 3 is 2.67 bits per heavy atom. The number of carboxylic acids is 1. The van der Waals surface area contributed by atoms with Crippen LogP contribution in [0, 0.1) is 17.8 Å². The summed E-state index contributed by atoms with van der Waals surface area (Å²) in [4.78, 5) is 23.0. The van der Waals surface area contributed by atoms with E-state index in [0.29, 0.717) is 24.4 Å². The predicted octanol–water partition coefficient (Wildman–Crippen LogP) is 5.23. The molecule has 3 saturated carbocycles. The van der Waals surface area contributed by atoms with Crippen LogP contribution in [0.15, 0.2) is 49.3 Å². The van der Waals surface area contributed by atoms with Crippen LogP contribution in [-0.2, 0) is 20.8 Å². The lowest BCUT2D eigenvalue weighted by atomic mass is 9.76. The molecule has 2 aromatic heterocycles. The van der Waals surface area contributed by atoms with Gasteiger partial charge in [-0.05, 0) is 75.1 Å². The number of anilines is 1. The SMILES string of the molecule is C=C1O[C@@H]2[C@@H](CN(CC3CC3)C3CC(CCC(=O)O)C3)C[C@@H](n3ccc4c(NCc5ccc(OC)cc5OC)ncnc43)[C@@H]2O1. The van der Waals surface area contributed by atoms with Crippen LogP contribution in [0.5, 0.6) is 11.5 Å². The number of fused-ring (bicyclic) bond motifs is 2. The van der Waals surface area contributed by atoms with Crippen molar-refractivity contribution in [1.82, 2.24) is 19.4 Å². The second-order valence-electron chi connectivity index (χ2n) is 13.1. The third-order valence-electron chi connectivity index (χ3n) is 10.2. The fourth-order valence-corrected chi connectivity index (χ4v) is 7.58. The molecule has 11 nitrogen and oxygen atoms in total. The molecule has 3 aromatic rings. The lowest BCUT2D eigenvalue weighted by molar-refractivity contribution is -0.137. The third kappa shape index (κ3) is 6.14. The minimum Gasteiger partial charge on any atom is -0.497 e. The summed E-state index contributed by atoms with van der Waals surface area (Å²) in [6, 6.07) is 8.43. The molecule has 0 radical (unpaired) electrons. The predicted molar refractivity (Wildman–Crippen MR) is 168 cm³/mol. The first-order valence-corrected chi connectivity index (χ1v) is 16.1. The summed E-state index contributed by atoms with van der Waals surface area (Å²) in [6.45, 7) is 6.62. The van der Waals surface area contributed by atoms with Gasteiger partial charge >= 0.3 is 5.97 Å². The van der Waals surface area contributed by atoms with Crippen molar-refractivity contribution in [2.45, 2.75) is 75.8 Å². The molecular weight excluding hydrogens is 574 g/mol. The van der Waals surface area contributed by atoms with Crippen molar-refractivity contribution >= 4 is 22.8 Å². The summed E-state index contributed by atoms with van der Waals surface area (Å²) in [5.41, 5.74) is 1.85. The Balaban J connectivity index is 1.07. The molecule has 4 atom stereocenters. The summed E-state index contributed by atoms with van der Waals surface area (Å²) in [5, 5.41) is 13.5. The van der Waals surface area contributed by atoms with E-state index in [-0.39, 0.29) is 30.6 Å². The van der Waals surface area contributed by atoms with Crippen molar-refractivity contribution in [3.05, 3.63) is 54.9 Å². The topological polar surface area (TPSA) is 120 Å². The maximum atomic E-state index is 11.1. The van der Waals surface area contributed by atoms with Gasteiger partial charge in [-0.15, -0.1) is 0 Å². The number of hydrogen-bond acceptors (Lipinski definition) is 9. The van der Waals surface area contributed by atoms with Crippen LogP contribution < -0.4 is 14.8 Å². The average molecular weight is 618 g/mol. The molecule has 1 saturated heterocycles. The van der Waals surface area contributed by atoms with Gasteiger partial charge in [-0.25, -0.2) is 9.97 Å². The molecule has 0 amide bonds. The zero-order valence-electron chi connectivity index (χ0n) is 26.1. The fourth-order valence-electron chi connectivity index (χ4n) is 7.58. The van der Waals surface area contributed by atoms with E-state index < -0.39 is 5.97 Å². The van der Waals surface area contributed by atoms with Crippen LogP contribution >= 0.6 is 0 Å². The number of hydrogen-bond donors (Lipinski definition) is 2. The van der Waals surface area contributed by atoms with Gasteiger partial charge in [0.1, 0.15) is 35.4 Å². The maximum Gasteiger partial charge on any atom is 0.303 e. The number of carboxylic acid groups (broad SMARTS) is 1. The molecule has 1 aromatic carbocycles. The quantitative estimate of drug-likeness (QED) is 0.249. The van der Waals surface area contributed by atoms with Crippen LogP contribution in [0.2, 0.25) is 0 Å². The normalized spacial score (nSPS) is 27.1. The van der Waals surface area contributed by atoms with Crippen LogP contribution in [-0.4, -0.2) is 76.1 Å². The molecule has 240 valence electrons. The van der Waals surface area contributed by atoms with Crippen molar-refractivity contribution in [1.29, 1.82) is 0 Å². The largest absolute Gasteiger partial charge is 0.497 e. The standard InChI is InChI=1S/C34H43N5O6/c1-20-44-31-24(18-38(17-21-4-5-21)25-12-22(13-25)6-9-30(40)41)14-28(32(31)45-20)39-11-10-27-33(36-19-37-34(27)39)35-16-23-7-8-26(42-2)15-29(23)43-3/h7-8,10-11,15,19,21-22,24-25,28,31-32H,1,4-6,9,12-14,16-18H2,2-3H3,(H,40,41)(H,35,36,37)/t22?,24-,25?,28-,31-,32+/m1/s1. The van der Waals surface area contributed by atoms with Crippen molar-refractivity contribution in [3.8, 4) is 11.5 Å². The Hall–Kier alpha value is -3.99. The van der Waals surface area contributed by atoms with Gasteiger partial charge < -0.3 is 33.9 Å². The van der Waals surface area contributed by atoms with E-state index in [4.69, 9.17) is 29.0 Å². The summed E-state index contributed by atoms with van der Waals surface area (Å²) in [6.07, 6.45) is 10.2. The van der Waals surface area contributed by atoms with Gasteiger partial charge in [0.25, 0.3) is 5.95 Å². The van der Waals surface area contributed by atoms with Gasteiger partial charge in [0.05, 0.1) is 25.6 Å². The minimum atomic E-state index is -0.696. The van der Waals surface area contributed by atoms with E-state index in [0.717, 1.165) is 78.6 Å². The highest BCUT2D eigenvalue weighted by atomic mass is 16.7.